The summed E-state index contributed by atoms with van der Waals surface area (Å²) in [4.78, 5) is 20.0. The summed E-state index contributed by atoms with van der Waals surface area (Å²) < 4.78 is 10.2. The highest BCUT2D eigenvalue weighted by Crippen LogP contribution is 2.09. The SMILES string of the molecule is CCOCC(C)Nc1ncc(C(=O)OCC)c(C)n1. The molecule has 0 amide bonds. The average molecular weight is 267 g/mol. The Labute approximate surface area is 113 Å². The van der Waals surface area contributed by atoms with E-state index < -0.39 is 5.97 Å². The molecule has 0 aromatic carbocycles. The number of aryl methyl sites for hydroxylation is 1. The van der Waals surface area contributed by atoms with Crippen LogP contribution in [0.25, 0.3) is 0 Å². The molecule has 1 N–H and O–H groups in total. The van der Waals surface area contributed by atoms with Crippen molar-refractivity contribution in [1.29, 1.82) is 0 Å². The third kappa shape index (κ3) is 4.82. The number of nitrogens with zero attached hydrogens (tertiary/aromatic N) is 2. The van der Waals surface area contributed by atoms with Crippen molar-refractivity contribution in [1.82, 2.24) is 9.97 Å². The third-order valence-electron chi connectivity index (χ3n) is 2.42. The van der Waals surface area contributed by atoms with Gasteiger partial charge in [0.15, 0.2) is 0 Å². The number of aromatic nitrogens is 2. The maximum absolute atomic E-state index is 11.6. The Morgan fingerprint density at radius 1 is 1.42 bits per heavy atom. The van der Waals surface area contributed by atoms with Crippen LogP contribution in [0.1, 0.15) is 36.8 Å². The van der Waals surface area contributed by atoms with Crippen LogP contribution in [0.5, 0.6) is 0 Å². The fourth-order valence-corrected chi connectivity index (χ4v) is 1.50. The molecule has 0 saturated heterocycles. The molecule has 6 heteroatoms. The lowest BCUT2D eigenvalue weighted by molar-refractivity contribution is 0.0524. The van der Waals surface area contributed by atoms with Gasteiger partial charge >= 0.3 is 5.97 Å². The molecule has 0 aliphatic heterocycles. The highest BCUT2D eigenvalue weighted by molar-refractivity contribution is 5.90. The average Bonchev–Trinajstić information content (AvgIpc) is 2.36. The number of ether oxygens (including phenoxy) is 2. The van der Waals surface area contributed by atoms with E-state index in [1.54, 1.807) is 13.8 Å². The topological polar surface area (TPSA) is 73.3 Å². The zero-order valence-corrected chi connectivity index (χ0v) is 11.9. The number of carbonyl (C=O) groups is 1. The highest BCUT2D eigenvalue weighted by Gasteiger charge is 2.13. The molecule has 6 nitrogen and oxygen atoms in total. The van der Waals surface area contributed by atoms with E-state index >= 15 is 0 Å². The van der Waals surface area contributed by atoms with E-state index in [0.717, 1.165) is 0 Å². The number of carbonyl (C=O) groups excluding carboxylic acids is 1. The van der Waals surface area contributed by atoms with E-state index in [1.807, 2.05) is 13.8 Å². The Bertz CT molecular complexity index is 424. The fraction of sp³-hybridized carbons (Fsp3) is 0.615. The van der Waals surface area contributed by atoms with E-state index in [1.165, 1.54) is 6.20 Å². The molecule has 1 heterocycles. The van der Waals surface area contributed by atoms with Gasteiger partial charge < -0.3 is 14.8 Å². The first kappa shape index (κ1) is 15.4. The van der Waals surface area contributed by atoms with Gasteiger partial charge in [0.1, 0.15) is 0 Å². The van der Waals surface area contributed by atoms with Gasteiger partial charge in [0.2, 0.25) is 5.95 Å². The Balaban J connectivity index is 2.68. The van der Waals surface area contributed by atoms with Crippen LogP contribution in [-0.2, 0) is 9.47 Å². The minimum absolute atomic E-state index is 0.104. The van der Waals surface area contributed by atoms with Crippen molar-refractivity contribution in [3.8, 4) is 0 Å². The van der Waals surface area contributed by atoms with Crippen LogP contribution < -0.4 is 5.32 Å². The number of nitrogens with one attached hydrogen (secondary N) is 1. The second kappa shape index (κ2) is 7.68. The van der Waals surface area contributed by atoms with Crippen molar-refractivity contribution < 1.29 is 14.3 Å². The van der Waals surface area contributed by atoms with Crippen molar-refractivity contribution in [2.24, 2.45) is 0 Å². The van der Waals surface area contributed by atoms with Gasteiger partial charge in [0.25, 0.3) is 0 Å². The summed E-state index contributed by atoms with van der Waals surface area (Å²) in [5.41, 5.74) is 0.990. The lowest BCUT2D eigenvalue weighted by Crippen LogP contribution is -2.23. The molecule has 0 spiro atoms. The summed E-state index contributed by atoms with van der Waals surface area (Å²) in [5, 5.41) is 3.12. The molecule has 0 aliphatic rings. The van der Waals surface area contributed by atoms with Crippen LogP contribution in [0.4, 0.5) is 5.95 Å². The first-order chi connectivity index (χ1) is 9.08. The minimum atomic E-state index is -0.395. The molecule has 0 bridgehead atoms. The van der Waals surface area contributed by atoms with Crippen LogP contribution in [0.3, 0.4) is 0 Å². The van der Waals surface area contributed by atoms with Crippen molar-refractivity contribution in [3.63, 3.8) is 0 Å². The molecule has 1 atom stereocenters. The highest BCUT2D eigenvalue weighted by atomic mass is 16.5. The van der Waals surface area contributed by atoms with Gasteiger partial charge in [-0.25, -0.2) is 14.8 Å². The fourth-order valence-electron chi connectivity index (χ4n) is 1.50. The van der Waals surface area contributed by atoms with Crippen LogP contribution in [0, 0.1) is 6.92 Å². The molecule has 1 rings (SSSR count). The van der Waals surface area contributed by atoms with Crippen molar-refractivity contribution >= 4 is 11.9 Å². The van der Waals surface area contributed by atoms with E-state index in [2.05, 4.69) is 15.3 Å². The molecule has 1 aromatic heterocycles. The molecule has 1 unspecified atom stereocenters. The first-order valence-corrected chi connectivity index (χ1v) is 6.43. The summed E-state index contributed by atoms with van der Waals surface area (Å²) in [7, 11) is 0. The Morgan fingerprint density at radius 2 is 2.16 bits per heavy atom. The summed E-state index contributed by atoms with van der Waals surface area (Å²) in [5.74, 6) is 0.0895. The van der Waals surface area contributed by atoms with Gasteiger partial charge in [-0.05, 0) is 27.7 Å². The predicted octanol–water partition coefficient (Wildman–Crippen LogP) is 1.80. The molecule has 1 aromatic rings. The number of rotatable bonds is 7. The zero-order valence-electron chi connectivity index (χ0n) is 11.9. The number of hydrogen-bond donors (Lipinski definition) is 1. The first-order valence-electron chi connectivity index (χ1n) is 6.43. The molecule has 106 valence electrons. The lowest BCUT2D eigenvalue weighted by atomic mass is 10.2. The van der Waals surface area contributed by atoms with Crippen LogP contribution in [0.2, 0.25) is 0 Å². The number of anilines is 1. The van der Waals surface area contributed by atoms with E-state index in [4.69, 9.17) is 9.47 Å². The summed E-state index contributed by atoms with van der Waals surface area (Å²) in [6.45, 7) is 9.04. The second-order valence-electron chi connectivity index (χ2n) is 4.12. The van der Waals surface area contributed by atoms with Gasteiger partial charge in [-0.1, -0.05) is 0 Å². The normalized spacial score (nSPS) is 12.0. The van der Waals surface area contributed by atoms with E-state index in [9.17, 15) is 4.79 Å². The van der Waals surface area contributed by atoms with E-state index in [0.29, 0.717) is 37.0 Å². The van der Waals surface area contributed by atoms with Gasteiger partial charge in [-0.3, -0.25) is 0 Å². The van der Waals surface area contributed by atoms with Gasteiger partial charge in [-0.2, -0.15) is 0 Å². The molecular formula is C13H21N3O3. The van der Waals surface area contributed by atoms with Crippen molar-refractivity contribution in [2.75, 3.05) is 25.1 Å². The third-order valence-corrected chi connectivity index (χ3v) is 2.42. The Morgan fingerprint density at radius 3 is 2.74 bits per heavy atom. The molecular weight excluding hydrogens is 246 g/mol. The molecule has 19 heavy (non-hydrogen) atoms. The quantitative estimate of drug-likeness (QED) is 0.759. The maximum Gasteiger partial charge on any atom is 0.341 e. The van der Waals surface area contributed by atoms with E-state index in [-0.39, 0.29) is 6.04 Å². The zero-order chi connectivity index (χ0) is 14.3. The molecule has 0 saturated carbocycles. The van der Waals surface area contributed by atoms with Crippen LogP contribution >= 0.6 is 0 Å². The van der Waals surface area contributed by atoms with Gasteiger partial charge in [0.05, 0.1) is 24.5 Å². The lowest BCUT2D eigenvalue weighted by Gasteiger charge is -2.14. The maximum atomic E-state index is 11.6. The number of esters is 1. The second-order valence-corrected chi connectivity index (χ2v) is 4.12. The smallest absolute Gasteiger partial charge is 0.341 e. The van der Waals surface area contributed by atoms with Crippen LogP contribution in [0.15, 0.2) is 6.20 Å². The van der Waals surface area contributed by atoms with Gasteiger partial charge in [-0.15, -0.1) is 0 Å². The molecule has 0 radical (unpaired) electrons. The summed E-state index contributed by atoms with van der Waals surface area (Å²) in [6.07, 6.45) is 1.48. The van der Waals surface area contributed by atoms with Crippen LogP contribution in [-0.4, -0.2) is 41.8 Å². The monoisotopic (exact) mass is 267 g/mol. The summed E-state index contributed by atoms with van der Waals surface area (Å²) in [6, 6.07) is 0.104. The molecule has 0 fully saturated rings. The van der Waals surface area contributed by atoms with Crippen molar-refractivity contribution in [3.05, 3.63) is 17.5 Å². The van der Waals surface area contributed by atoms with Crippen molar-refractivity contribution in [2.45, 2.75) is 33.7 Å². The Kier molecular flexibility index (Phi) is 6.21. The molecule has 0 aliphatic carbocycles. The summed E-state index contributed by atoms with van der Waals surface area (Å²) >= 11 is 0. The van der Waals surface area contributed by atoms with Gasteiger partial charge in [0, 0.05) is 18.8 Å². The largest absolute Gasteiger partial charge is 0.462 e. The predicted molar refractivity (Wildman–Crippen MR) is 72.3 cm³/mol. The minimum Gasteiger partial charge on any atom is -0.462 e. The standard InChI is InChI=1S/C13H21N3O3/c1-5-18-8-9(3)15-13-14-7-11(10(4)16-13)12(17)19-6-2/h7,9H,5-6,8H2,1-4H3,(H,14,15,16). The number of hydrogen-bond acceptors (Lipinski definition) is 6. The Hall–Kier alpha value is -1.69.